The fourth-order valence-corrected chi connectivity index (χ4v) is 2.61. The second kappa shape index (κ2) is 4.84. The standard InChI is InChI=1S/C16H10Cl2O/c17-16(18)15(19)14-12-7-3-1-5-10(12)9-11-6-2-4-8-13(11)14/h1-9,16H. The van der Waals surface area contributed by atoms with Crippen LogP contribution in [0.5, 0.6) is 0 Å². The van der Waals surface area contributed by atoms with E-state index in [4.69, 9.17) is 23.2 Å². The molecule has 19 heavy (non-hydrogen) atoms. The molecule has 0 N–H and O–H groups in total. The maximum Gasteiger partial charge on any atom is 0.196 e. The lowest BCUT2D eigenvalue weighted by molar-refractivity contribution is 0.101. The summed E-state index contributed by atoms with van der Waals surface area (Å²) in [5.41, 5.74) is 0.601. The van der Waals surface area contributed by atoms with E-state index >= 15 is 0 Å². The molecule has 0 aliphatic rings. The van der Waals surface area contributed by atoms with Crippen LogP contribution < -0.4 is 0 Å². The lowest BCUT2D eigenvalue weighted by Crippen LogP contribution is -2.09. The third-order valence-corrected chi connectivity index (χ3v) is 3.61. The molecule has 0 atom stereocenters. The highest BCUT2D eigenvalue weighted by Crippen LogP contribution is 2.30. The average molecular weight is 289 g/mol. The maximum absolute atomic E-state index is 12.3. The van der Waals surface area contributed by atoms with Crippen LogP contribution >= 0.6 is 23.2 Å². The summed E-state index contributed by atoms with van der Waals surface area (Å²) in [6.45, 7) is 0. The van der Waals surface area contributed by atoms with Gasteiger partial charge in [0.05, 0.1) is 0 Å². The van der Waals surface area contributed by atoms with Gasteiger partial charge in [-0.1, -0.05) is 71.7 Å². The highest BCUT2D eigenvalue weighted by molar-refractivity contribution is 6.56. The molecule has 1 nitrogen and oxygen atoms in total. The van der Waals surface area contributed by atoms with Crippen molar-refractivity contribution in [3.05, 3.63) is 60.2 Å². The molecular formula is C16H10Cl2O. The van der Waals surface area contributed by atoms with Gasteiger partial charge in [-0.3, -0.25) is 4.79 Å². The van der Waals surface area contributed by atoms with Gasteiger partial charge in [0.2, 0.25) is 0 Å². The maximum atomic E-state index is 12.3. The number of alkyl halides is 2. The van der Waals surface area contributed by atoms with E-state index in [-0.39, 0.29) is 5.78 Å². The normalized spacial score (nSPS) is 11.3. The Balaban J connectivity index is 2.50. The first-order valence-electron chi connectivity index (χ1n) is 5.91. The summed E-state index contributed by atoms with van der Waals surface area (Å²) in [4.78, 5) is 11.3. The zero-order chi connectivity index (χ0) is 13.4. The van der Waals surface area contributed by atoms with Crippen LogP contribution in [-0.2, 0) is 0 Å². The SMILES string of the molecule is O=C(c1c2ccccc2cc2ccccc12)C(Cl)Cl. The van der Waals surface area contributed by atoms with Crippen molar-refractivity contribution in [1.29, 1.82) is 0 Å². The van der Waals surface area contributed by atoms with Gasteiger partial charge in [0.1, 0.15) is 0 Å². The third kappa shape index (κ3) is 2.09. The van der Waals surface area contributed by atoms with Gasteiger partial charge in [0.25, 0.3) is 0 Å². The van der Waals surface area contributed by atoms with Crippen LogP contribution in [0.1, 0.15) is 10.4 Å². The van der Waals surface area contributed by atoms with Gasteiger partial charge < -0.3 is 0 Å². The molecule has 0 aliphatic heterocycles. The first-order valence-corrected chi connectivity index (χ1v) is 6.78. The summed E-state index contributed by atoms with van der Waals surface area (Å²) < 4.78 is 0. The number of halogens is 2. The lowest BCUT2D eigenvalue weighted by Gasteiger charge is -2.11. The van der Waals surface area contributed by atoms with Crippen molar-refractivity contribution in [2.75, 3.05) is 0 Å². The predicted octanol–water partition coefficient (Wildman–Crippen LogP) is 4.98. The molecule has 0 aromatic heterocycles. The Bertz CT molecular complexity index is 724. The molecule has 0 heterocycles. The molecule has 94 valence electrons. The minimum atomic E-state index is -1.05. The molecule has 3 aromatic rings. The summed E-state index contributed by atoms with van der Waals surface area (Å²) in [6.07, 6.45) is 0. The minimum absolute atomic E-state index is 0.253. The molecule has 0 amide bonds. The smallest absolute Gasteiger partial charge is 0.196 e. The van der Waals surface area contributed by atoms with Crippen molar-refractivity contribution in [2.24, 2.45) is 0 Å². The highest BCUT2D eigenvalue weighted by Gasteiger charge is 2.19. The predicted molar refractivity (Wildman–Crippen MR) is 81.3 cm³/mol. The number of hydrogen-bond acceptors (Lipinski definition) is 1. The van der Waals surface area contributed by atoms with Crippen molar-refractivity contribution in [3.63, 3.8) is 0 Å². The molecule has 3 rings (SSSR count). The Labute approximate surface area is 120 Å². The van der Waals surface area contributed by atoms with E-state index in [1.165, 1.54) is 0 Å². The van der Waals surface area contributed by atoms with E-state index in [0.29, 0.717) is 5.56 Å². The Morgan fingerprint density at radius 3 is 1.79 bits per heavy atom. The minimum Gasteiger partial charge on any atom is -0.291 e. The second-order valence-electron chi connectivity index (χ2n) is 4.36. The molecular weight excluding hydrogens is 279 g/mol. The lowest BCUT2D eigenvalue weighted by atomic mass is 9.95. The Hall–Kier alpha value is -1.57. The summed E-state index contributed by atoms with van der Waals surface area (Å²) in [5.74, 6) is -0.253. The molecule has 0 aliphatic carbocycles. The van der Waals surface area contributed by atoms with Gasteiger partial charge >= 0.3 is 0 Å². The molecule has 0 radical (unpaired) electrons. The number of hydrogen-bond donors (Lipinski definition) is 0. The van der Waals surface area contributed by atoms with Crippen molar-refractivity contribution < 1.29 is 4.79 Å². The summed E-state index contributed by atoms with van der Waals surface area (Å²) >= 11 is 11.6. The third-order valence-electron chi connectivity index (χ3n) is 3.22. The Morgan fingerprint density at radius 1 is 0.842 bits per heavy atom. The number of ketones is 1. The average Bonchev–Trinajstić information content (AvgIpc) is 2.43. The van der Waals surface area contributed by atoms with E-state index < -0.39 is 4.84 Å². The molecule has 3 aromatic carbocycles. The van der Waals surface area contributed by atoms with Crippen molar-refractivity contribution in [2.45, 2.75) is 4.84 Å². The molecule has 0 unspecified atom stereocenters. The van der Waals surface area contributed by atoms with E-state index in [9.17, 15) is 4.79 Å². The van der Waals surface area contributed by atoms with Crippen LogP contribution in [0, 0.1) is 0 Å². The van der Waals surface area contributed by atoms with Crippen molar-refractivity contribution >= 4 is 50.5 Å². The molecule has 0 bridgehead atoms. The van der Waals surface area contributed by atoms with E-state index in [0.717, 1.165) is 21.5 Å². The van der Waals surface area contributed by atoms with E-state index in [1.807, 2.05) is 48.5 Å². The Kier molecular flexibility index (Phi) is 3.17. The zero-order valence-corrected chi connectivity index (χ0v) is 11.4. The van der Waals surface area contributed by atoms with Crippen LogP contribution in [0.4, 0.5) is 0 Å². The van der Waals surface area contributed by atoms with Crippen LogP contribution in [0.15, 0.2) is 54.6 Å². The Morgan fingerprint density at radius 2 is 1.32 bits per heavy atom. The quantitative estimate of drug-likeness (QED) is 0.369. The topological polar surface area (TPSA) is 17.1 Å². The molecule has 0 saturated carbocycles. The monoisotopic (exact) mass is 288 g/mol. The van der Waals surface area contributed by atoms with Crippen LogP contribution in [0.3, 0.4) is 0 Å². The van der Waals surface area contributed by atoms with Gasteiger partial charge in [-0.25, -0.2) is 0 Å². The number of fused-ring (bicyclic) bond motifs is 2. The fraction of sp³-hybridized carbons (Fsp3) is 0.0625. The number of benzene rings is 3. The zero-order valence-electron chi connectivity index (χ0n) is 9.94. The number of Topliss-reactive ketones (excluding diaryl/α,β-unsaturated/α-hetero) is 1. The largest absolute Gasteiger partial charge is 0.291 e. The number of carbonyl (C=O) groups excluding carboxylic acids is 1. The van der Waals surface area contributed by atoms with Crippen LogP contribution in [0.2, 0.25) is 0 Å². The summed E-state index contributed by atoms with van der Waals surface area (Å²) in [5, 5.41) is 3.80. The number of rotatable bonds is 2. The van der Waals surface area contributed by atoms with Gasteiger partial charge in [-0.2, -0.15) is 0 Å². The van der Waals surface area contributed by atoms with Gasteiger partial charge in [-0.15, -0.1) is 0 Å². The van der Waals surface area contributed by atoms with E-state index in [2.05, 4.69) is 6.07 Å². The molecule has 3 heteroatoms. The molecule has 0 fully saturated rings. The fourth-order valence-electron chi connectivity index (χ4n) is 2.39. The molecule has 0 saturated heterocycles. The van der Waals surface area contributed by atoms with Crippen LogP contribution in [0.25, 0.3) is 21.5 Å². The van der Waals surface area contributed by atoms with Gasteiger partial charge in [-0.05, 0) is 27.6 Å². The first kappa shape index (κ1) is 12.5. The second-order valence-corrected chi connectivity index (χ2v) is 5.46. The van der Waals surface area contributed by atoms with Crippen LogP contribution in [-0.4, -0.2) is 10.6 Å². The molecule has 0 spiro atoms. The first-order chi connectivity index (χ1) is 9.18. The van der Waals surface area contributed by atoms with Gasteiger partial charge in [0.15, 0.2) is 10.6 Å². The van der Waals surface area contributed by atoms with Crippen molar-refractivity contribution in [3.8, 4) is 0 Å². The highest BCUT2D eigenvalue weighted by atomic mass is 35.5. The summed E-state index contributed by atoms with van der Waals surface area (Å²) in [6, 6.07) is 17.6. The summed E-state index contributed by atoms with van der Waals surface area (Å²) in [7, 11) is 0. The number of carbonyl (C=O) groups is 1. The van der Waals surface area contributed by atoms with Crippen molar-refractivity contribution in [1.82, 2.24) is 0 Å². The van der Waals surface area contributed by atoms with Gasteiger partial charge in [0, 0.05) is 5.56 Å². The van der Waals surface area contributed by atoms with E-state index in [1.54, 1.807) is 0 Å².